The van der Waals surface area contributed by atoms with Gasteiger partial charge in [-0.3, -0.25) is 14.6 Å². The predicted octanol–water partition coefficient (Wildman–Crippen LogP) is 0.282. The van der Waals surface area contributed by atoms with E-state index in [4.69, 9.17) is 4.74 Å². The van der Waals surface area contributed by atoms with Crippen molar-refractivity contribution in [1.82, 2.24) is 15.2 Å². The number of nitrogens with one attached hydrogen (secondary N) is 2. The zero-order valence-electron chi connectivity index (χ0n) is 10.2. The number of ether oxygens (including phenoxy) is 1. The molecule has 100 valence electrons. The van der Waals surface area contributed by atoms with Gasteiger partial charge in [-0.05, 0) is 13.3 Å². The van der Waals surface area contributed by atoms with Crippen LogP contribution in [0.25, 0.3) is 0 Å². The first-order valence-electron chi connectivity index (χ1n) is 5.57. The van der Waals surface area contributed by atoms with Crippen LogP contribution in [0.2, 0.25) is 0 Å². The summed E-state index contributed by atoms with van der Waals surface area (Å²) in [7, 11) is 0. The topological polar surface area (TPSA) is 105 Å². The van der Waals surface area contributed by atoms with Crippen LogP contribution in [0, 0.1) is 0 Å². The molecule has 0 radical (unpaired) electrons. The smallest absolute Gasteiger partial charge is 0.342 e. The number of aromatic nitrogens is 3. The van der Waals surface area contributed by atoms with E-state index in [0.29, 0.717) is 6.61 Å². The summed E-state index contributed by atoms with van der Waals surface area (Å²) in [6.07, 6.45) is 1.75. The Morgan fingerprint density at radius 3 is 2.83 bits per heavy atom. The van der Waals surface area contributed by atoms with E-state index < -0.39 is 22.5 Å². The fraction of sp³-hybridized carbons (Fsp3) is 0.600. The molecule has 8 heteroatoms. The molecule has 0 spiro atoms. The molecule has 0 aliphatic rings. The first-order chi connectivity index (χ1) is 8.54. The van der Waals surface area contributed by atoms with Gasteiger partial charge in [0.05, 0.1) is 6.61 Å². The van der Waals surface area contributed by atoms with E-state index in [1.54, 1.807) is 6.92 Å². The predicted molar refractivity (Wildman–Crippen MR) is 66.7 cm³/mol. The van der Waals surface area contributed by atoms with Crippen LogP contribution in [-0.2, 0) is 9.53 Å². The van der Waals surface area contributed by atoms with E-state index in [1.807, 2.05) is 11.9 Å². The summed E-state index contributed by atoms with van der Waals surface area (Å²) in [4.78, 5) is 35.7. The summed E-state index contributed by atoms with van der Waals surface area (Å²) in [5.41, 5.74) is -1.29. The number of thioether (sulfide) groups is 1. The number of esters is 1. The van der Waals surface area contributed by atoms with Crippen molar-refractivity contribution >= 4 is 17.7 Å². The molecule has 18 heavy (non-hydrogen) atoms. The Hall–Kier alpha value is -1.57. The molecule has 0 aromatic carbocycles. The monoisotopic (exact) mass is 273 g/mol. The molecule has 0 unspecified atom stereocenters. The third-order valence-electron chi connectivity index (χ3n) is 2.04. The Labute approximate surface area is 107 Å². The Bertz CT molecular complexity index is 510. The van der Waals surface area contributed by atoms with Gasteiger partial charge in [-0.15, -0.1) is 0 Å². The molecule has 1 heterocycles. The molecular weight excluding hydrogens is 258 g/mol. The van der Waals surface area contributed by atoms with Crippen molar-refractivity contribution in [2.24, 2.45) is 0 Å². The molecule has 1 atom stereocenters. The van der Waals surface area contributed by atoms with Gasteiger partial charge < -0.3 is 4.74 Å². The van der Waals surface area contributed by atoms with Crippen LogP contribution >= 0.6 is 11.8 Å². The van der Waals surface area contributed by atoms with Crippen molar-refractivity contribution in [3.63, 3.8) is 0 Å². The van der Waals surface area contributed by atoms with Crippen LogP contribution in [0.15, 0.2) is 14.6 Å². The van der Waals surface area contributed by atoms with Crippen molar-refractivity contribution < 1.29 is 9.53 Å². The van der Waals surface area contributed by atoms with Crippen LogP contribution in [0.1, 0.15) is 26.7 Å². The van der Waals surface area contributed by atoms with E-state index in [1.165, 1.54) is 0 Å². The van der Waals surface area contributed by atoms with Gasteiger partial charge >= 0.3 is 11.7 Å². The number of hydrogen-bond donors (Lipinski definition) is 2. The summed E-state index contributed by atoms with van der Waals surface area (Å²) in [6.45, 7) is 3.98. The summed E-state index contributed by atoms with van der Waals surface area (Å²) < 4.78 is 5.01. The number of hydrogen-bond acceptors (Lipinski definition) is 6. The molecule has 7 nitrogen and oxygen atoms in total. The molecule has 0 fully saturated rings. The van der Waals surface area contributed by atoms with E-state index in [0.717, 1.165) is 24.6 Å². The molecule has 2 N–H and O–H groups in total. The van der Waals surface area contributed by atoms with Crippen LogP contribution in [0.3, 0.4) is 0 Å². The molecule has 0 saturated carbocycles. The normalized spacial score (nSPS) is 12.1. The zero-order valence-corrected chi connectivity index (χ0v) is 11.0. The highest BCUT2D eigenvalue weighted by Gasteiger charge is 2.18. The zero-order chi connectivity index (χ0) is 13.5. The molecule has 0 aliphatic heterocycles. The summed E-state index contributed by atoms with van der Waals surface area (Å²) in [5.74, 6) is -0.402. The minimum atomic E-state index is -0.678. The van der Waals surface area contributed by atoms with Crippen molar-refractivity contribution in [2.75, 3.05) is 6.61 Å². The quantitative estimate of drug-likeness (QED) is 0.438. The van der Waals surface area contributed by atoms with Crippen molar-refractivity contribution in [1.29, 1.82) is 0 Å². The number of nitrogens with zero attached hydrogens (tertiary/aromatic N) is 1. The van der Waals surface area contributed by atoms with Crippen LogP contribution in [0.4, 0.5) is 0 Å². The average molecular weight is 273 g/mol. The number of rotatable bonds is 6. The lowest BCUT2D eigenvalue weighted by Crippen LogP contribution is -2.27. The minimum absolute atomic E-state index is 0.0366. The molecule has 0 bridgehead atoms. The van der Waals surface area contributed by atoms with Crippen LogP contribution < -0.4 is 11.2 Å². The maximum atomic E-state index is 11.5. The Kier molecular flexibility index (Phi) is 5.63. The van der Waals surface area contributed by atoms with E-state index >= 15 is 0 Å². The lowest BCUT2D eigenvalue weighted by molar-refractivity contribution is -0.142. The first kappa shape index (κ1) is 14.5. The largest absolute Gasteiger partial charge is 0.465 e. The molecule has 0 saturated heterocycles. The minimum Gasteiger partial charge on any atom is -0.465 e. The second kappa shape index (κ2) is 7.00. The van der Waals surface area contributed by atoms with Gasteiger partial charge in [-0.1, -0.05) is 25.1 Å². The SMILES string of the molecule is CCCCOC(=O)[C@H](C)Sc1n[nH]c(=O)[nH]c1=O. The summed E-state index contributed by atoms with van der Waals surface area (Å²) >= 11 is 0.945. The molecule has 1 aromatic rings. The van der Waals surface area contributed by atoms with E-state index in [-0.39, 0.29) is 5.03 Å². The number of carbonyl (C=O) groups is 1. The van der Waals surface area contributed by atoms with Crippen molar-refractivity contribution in [3.8, 4) is 0 Å². The number of H-pyrrole nitrogens is 2. The van der Waals surface area contributed by atoms with Crippen LogP contribution in [-0.4, -0.2) is 33.0 Å². The highest BCUT2D eigenvalue weighted by molar-refractivity contribution is 8.00. The van der Waals surface area contributed by atoms with Crippen molar-refractivity contribution in [3.05, 3.63) is 20.8 Å². The number of carbonyl (C=O) groups excluding carboxylic acids is 1. The second-order valence-corrected chi connectivity index (χ2v) is 4.92. The maximum Gasteiger partial charge on any atom is 0.342 e. The standard InChI is InChI=1S/C10H15N3O4S/c1-3-4-5-17-9(15)6(2)18-8-7(14)11-10(16)13-12-8/h6H,3-5H2,1-2H3,(H2,11,13,14,16)/t6-/m0/s1. The van der Waals surface area contributed by atoms with Crippen LogP contribution in [0.5, 0.6) is 0 Å². The maximum absolute atomic E-state index is 11.5. The Balaban J connectivity index is 2.58. The third-order valence-corrected chi connectivity index (χ3v) is 3.09. The summed E-state index contributed by atoms with van der Waals surface area (Å²) in [5, 5.41) is 5.16. The first-order valence-corrected chi connectivity index (χ1v) is 6.44. The Morgan fingerprint density at radius 2 is 2.22 bits per heavy atom. The highest BCUT2D eigenvalue weighted by atomic mass is 32.2. The average Bonchev–Trinajstić information content (AvgIpc) is 2.32. The number of unbranched alkanes of at least 4 members (excludes halogenated alkanes) is 1. The third kappa shape index (κ3) is 4.36. The van der Waals surface area contributed by atoms with Gasteiger partial charge in [-0.2, -0.15) is 5.10 Å². The van der Waals surface area contributed by atoms with E-state index in [9.17, 15) is 14.4 Å². The van der Waals surface area contributed by atoms with Gasteiger partial charge in [-0.25, -0.2) is 9.89 Å². The van der Waals surface area contributed by atoms with Gasteiger partial charge in [0.25, 0.3) is 5.56 Å². The Morgan fingerprint density at radius 1 is 1.50 bits per heavy atom. The molecular formula is C10H15N3O4S. The second-order valence-electron chi connectivity index (χ2n) is 3.59. The van der Waals surface area contributed by atoms with Gasteiger partial charge in [0.2, 0.25) is 0 Å². The van der Waals surface area contributed by atoms with E-state index in [2.05, 4.69) is 10.2 Å². The van der Waals surface area contributed by atoms with Gasteiger partial charge in [0.1, 0.15) is 5.25 Å². The number of aromatic amines is 2. The molecule has 0 aliphatic carbocycles. The fourth-order valence-electron chi connectivity index (χ4n) is 1.07. The lowest BCUT2D eigenvalue weighted by atomic mass is 10.4. The van der Waals surface area contributed by atoms with Crippen molar-refractivity contribution in [2.45, 2.75) is 37.0 Å². The molecule has 1 aromatic heterocycles. The fourth-order valence-corrected chi connectivity index (χ4v) is 1.82. The highest BCUT2D eigenvalue weighted by Crippen LogP contribution is 2.17. The molecule has 1 rings (SSSR count). The summed E-state index contributed by atoms with van der Waals surface area (Å²) in [6, 6.07) is 0. The van der Waals surface area contributed by atoms with Gasteiger partial charge in [0, 0.05) is 0 Å². The molecule has 0 amide bonds. The van der Waals surface area contributed by atoms with Gasteiger partial charge in [0.15, 0.2) is 5.03 Å². The lowest BCUT2D eigenvalue weighted by Gasteiger charge is -2.09.